The van der Waals surface area contributed by atoms with Crippen LogP contribution in [0.4, 0.5) is 5.82 Å². The number of nitrogens with zero attached hydrogens (tertiary/aromatic N) is 2. The summed E-state index contributed by atoms with van der Waals surface area (Å²) in [5, 5.41) is 2.62. The Morgan fingerprint density at radius 3 is 2.89 bits per heavy atom. The van der Waals surface area contributed by atoms with Gasteiger partial charge in [-0.15, -0.1) is 0 Å². The van der Waals surface area contributed by atoms with Crippen LogP contribution in [0.5, 0.6) is 0 Å². The van der Waals surface area contributed by atoms with E-state index in [0.717, 1.165) is 18.5 Å². The van der Waals surface area contributed by atoms with E-state index in [1.54, 1.807) is 18.2 Å². The third kappa shape index (κ3) is 2.40. The molecule has 5 nitrogen and oxygen atoms in total. The van der Waals surface area contributed by atoms with Gasteiger partial charge in [-0.1, -0.05) is 19.4 Å². The van der Waals surface area contributed by atoms with Crippen molar-refractivity contribution in [2.45, 2.75) is 26.7 Å². The zero-order valence-corrected chi connectivity index (χ0v) is 10.4. The quantitative estimate of drug-likeness (QED) is 0.893. The number of amides is 1. The summed E-state index contributed by atoms with van der Waals surface area (Å²) in [6, 6.07) is 6.72. The Bertz CT molecular complexity index is 646. The number of carbonyl (C=O) groups is 1. The molecular weight excluding hydrogens is 230 g/mol. The van der Waals surface area contributed by atoms with E-state index in [1.165, 1.54) is 17.4 Å². The first kappa shape index (κ1) is 12.3. The molecule has 0 fully saturated rings. The van der Waals surface area contributed by atoms with Gasteiger partial charge in [-0.3, -0.25) is 9.59 Å². The summed E-state index contributed by atoms with van der Waals surface area (Å²) in [5.74, 6) is 0.229. The number of fused-ring (bicyclic) bond motifs is 1. The van der Waals surface area contributed by atoms with Crippen molar-refractivity contribution in [3.8, 4) is 0 Å². The number of carbonyl (C=O) groups excluding carboxylic acids is 1. The first-order chi connectivity index (χ1) is 8.61. The molecule has 0 radical (unpaired) electrons. The highest BCUT2D eigenvalue weighted by molar-refractivity contribution is 5.88. The average Bonchev–Trinajstić information content (AvgIpc) is 2.28. The minimum atomic E-state index is -0.216. The van der Waals surface area contributed by atoms with E-state index in [1.807, 2.05) is 6.92 Å². The van der Waals surface area contributed by atoms with Gasteiger partial charge in [0.2, 0.25) is 5.91 Å². The zero-order chi connectivity index (χ0) is 13.1. The van der Waals surface area contributed by atoms with Crippen LogP contribution in [0.3, 0.4) is 0 Å². The Morgan fingerprint density at radius 2 is 2.22 bits per heavy atom. The molecule has 0 aromatic carbocycles. The molecule has 18 heavy (non-hydrogen) atoms. The molecule has 0 bridgehead atoms. The highest BCUT2D eigenvalue weighted by Gasteiger charge is 2.06. The second kappa shape index (κ2) is 5.00. The summed E-state index contributed by atoms with van der Waals surface area (Å²) in [6.07, 6.45) is 1.71. The predicted molar refractivity (Wildman–Crippen MR) is 69.8 cm³/mol. The van der Waals surface area contributed by atoms with Crippen LogP contribution in [-0.4, -0.2) is 15.3 Å². The highest BCUT2D eigenvalue weighted by atomic mass is 16.1. The van der Waals surface area contributed by atoms with Gasteiger partial charge in [0.25, 0.3) is 5.56 Å². The lowest BCUT2D eigenvalue weighted by atomic mass is 10.2. The maximum Gasteiger partial charge on any atom is 0.259 e. The van der Waals surface area contributed by atoms with Gasteiger partial charge in [-0.05, 0) is 18.6 Å². The largest absolute Gasteiger partial charge is 0.312 e. The summed E-state index contributed by atoms with van der Waals surface area (Å²) < 4.78 is 1.40. The highest BCUT2D eigenvalue weighted by Crippen LogP contribution is 2.09. The maximum atomic E-state index is 12.0. The lowest BCUT2D eigenvalue weighted by molar-refractivity contribution is -0.114. The van der Waals surface area contributed by atoms with E-state index in [9.17, 15) is 9.59 Å². The zero-order valence-electron chi connectivity index (χ0n) is 10.4. The monoisotopic (exact) mass is 245 g/mol. The summed E-state index contributed by atoms with van der Waals surface area (Å²) >= 11 is 0. The van der Waals surface area contributed by atoms with Gasteiger partial charge < -0.3 is 5.32 Å². The molecule has 2 aromatic heterocycles. The number of rotatable bonds is 3. The fraction of sp³-hybridized carbons (Fsp3) is 0.308. The van der Waals surface area contributed by atoms with Crippen molar-refractivity contribution in [3.63, 3.8) is 0 Å². The first-order valence-corrected chi connectivity index (χ1v) is 5.91. The summed E-state index contributed by atoms with van der Waals surface area (Å²) in [5.41, 5.74) is 1.16. The van der Waals surface area contributed by atoms with Crippen LogP contribution in [0.15, 0.2) is 29.1 Å². The van der Waals surface area contributed by atoms with Crippen molar-refractivity contribution in [2.24, 2.45) is 0 Å². The number of pyridine rings is 1. The molecule has 0 spiro atoms. The number of hydrogen-bond acceptors (Lipinski definition) is 3. The normalized spacial score (nSPS) is 10.6. The molecule has 0 aliphatic rings. The van der Waals surface area contributed by atoms with Crippen molar-refractivity contribution in [2.75, 3.05) is 5.32 Å². The van der Waals surface area contributed by atoms with E-state index in [4.69, 9.17) is 0 Å². The molecular formula is C13H15N3O2. The van der Waals surface area contributed by atoms with Gasteiger partial charge in [0, 0.05) is 18.7 Å². The molecule has 0 aliphatic heterocycles. The Balaban J connectivity index is 2.63. The molecule has 1 N–H and O–H groups in total. The minimum absolute atomic E-state index is 0.173. The van der Waals surface area contributed by atoms with Crippen molar-refractivity contribution < 1.29 is 4.79 Å². The molecule has 2 rings (SSSR count). The van der Waals surface area contributed by atoms with Gasteiger partial charge in [-0.25, -0.2) is 9.38 Å². The topological polar surface area (TPSA) is 63.5 Å². The van der Waals surface area contributed by atoms with E-state index in [0.29, 0.717) is 11.5 Å². The average molecular weight is 245 g/mol. The fourth-order valence-electron chi connectivity index (χ4n) is 1.87. The van der Waals surface area contributed by atoms with Gasteiger partial charge in [-0.2, -0.15) is 0 Å². The lowest BCUT2D eigenvalue weighted by Crippen LogP contribution is -2.20. The van der Waals surface area contributed by atoms with Crippen LogP contribution in [0, 0.1) is 0 Å². The molecule has 2 heterocycles. The third-order valence-electron chi connectivity index (χ3n) is 2.55. The Morgan fingerprint density at radius 1 is 1.44 bits per heavy atom. The summed E-state index contributed by atoms with van der Waals surface area (Å²) in [4.78, 5) is 27.5. The standard InChI is InChI=1S/C13H15N3O2/c1-3-5-10-8-13(18)16-11(14-9(2)17)6-4-7-12(16)15-10/h4,6-8H,3,5H2,1-2H3,(H,14,17). The van der Waals surface area contributed by atoms with E-state index < -0.39 is 0 Å². The van der Waals surface area contributed by atoms with Crippen molar-refractivity contribution in [1.29, 1.82) is 0 Å². The maximum absolute atomic E-state index is 12.0. The van der Waals surface area contributed by atoms with E-state index in [-0.39, 0.29) is 11.5 Å². The fourth-order valence-corrected chi connectivity index (χ4v) is 1.87. The number of aromatic nitrogens is 2. The van der Waals surface area contributed by atoms with E-state index >= 15 is 0 Å². The number of aryl methyl sites for hydroxylation is 1. The van der Waals surface area contributed by atoms with Crippen molar-refractivity contribution in [1.82, 2.24) is 9.38 Å². The van der Waals surface area contributed by atoms with Crippen LogP contribution >= 0.6 is 0 Å². The third-order valence-corrected chi connectivity index (χ3v) is 2.55. The van der Waals surface area contributed by atoms with Crippen LogP contribution in [-0.2, 0) is 11.2 Å². The lowest BCUT2D eigenvalue weighted by Gasteiger charge is -2.09. The first-order valence-electron chi connectivity index (χ1n) is 5.91. The molecule has 2 aromatic rings. The van der Waals surface area contributed by atoms with Crippen LogP contribution in [0.1, 0.15) is 26.0 Å². The molecule has 0 aliphatic carbocycles. The molecule has 1 amide bonds. The second-order valence-corrected chi connectivity index (χ2v) is 4.12. The van der Waals surface area contributed by atoms with Gasteiger partial charge in [0.05, 0.1) is 0 Å². The summed E-state index contributed by atoms with van der Waals surface area (Å²) in [7, 11) is 0. The molecule has 5 heteroatoms. The number of anilines is 1. The minimum Gasteiger partial charge on any atom is -0.312 e. The molecule has 0 saturated carbocycles. The molecule has 0 atom stereocenters. The summed E-state index contributed by atoms with van der Waals surface area (Å²) in [6.45, 7) is 3.44. The van der Waals surface area contributed by atoms with Crippen LogP contribution in [0.2, 0.25) is 0 Å². The smallest absolute Gasteiger partial charge is 0.259 e. The Labute approximate surface area is 104 Å². The van der Waals surface area contributed by atoms with Crippen molar-refractivity contribution >= 4 is 17.4 Å². The molecule has 0 saturated heterocycles. The number of nitrogens with one attached hydrogen (secondary N) is 1. The Hall–Kier alpha value is -2.17. The van der Waals surface area contributed by atoms with E-state index in [2.05, 4.69) is 10.3 Å². The van der Waals surface area contributed by atoms with Crippen molar-refractivity contribution in [3.05, 3.63) is 40.3 Å². The van der Waals surface area contributed by atoms with Gasteiger partial charge in [0.15, 0.2) is 0 Å². The second-order valence-electron chi connectivity index (χ2n) is 4.12. The van der Waals surface area contributed by atoms with Crippen LogP contribution < -0.4 is 10.9 Å². The van der Waals surface area contributed by atoms with Gasteiger partial charge >= 0.3 is 0 Å². The molecule has 0 unspecified atom stereocenters. The molecule has 94 valence electrons. The predicted octanol–water partition coefficient (Wildman–Crippen LogP) is 1.61. The number of hydrogen-bond donors (Lipinski definition) is 1. The Kier molecular flexibility index (Phi) is 3.41. The SMILES string of the molecule is CCCc1cc(=O)n2c(NC(C)=O)cccc2n1. The van der Waals surface area contributed by atoms with Gasteiger partial charge in [0.1, 0.15) is 11.5 Å². The van der Waals surface area contributed by atoms with Crippen LogP contribution in [0.25, 0.3) is 5.65 Å².